The van der Waals surface area contributed by atoms with Gasteiger partial charge in [0.15, 0.2) is 0 Å². The molecule has 0 aliphatic carbocycles. The zero-order chi connectivity index (χ0) is 5.15. The molecule has 0 aromatic carbocycles. The Hall–Kier alpha value is 1.62. The molecule has 0 aliphatic rings. The largest absolute Gasteiger partial charge is 1.00 e. The van der Waals surface area contributed by atoms with E-state index in [4.69, 9.17) is 0 Å². The van der Waals surface area contributed by atoms with Crippen molar-refractivity contribution in [3.63, 3.8) is 0 Å². The maximum absolute atomic E-state index is 4.57. The van der Waals surface area contributed by atoms with Crippen LogP contribution in [0.1, 0.15) is 0 Å². The van der Waals surface area contributed by atoms with Gasteiger partial charge >= 0.3 is 29.6 Å². The van der Waals surface area contributed by atoms with Gasteiger partial charge in [0, 0.05) is 4.32 Å². The Bertz CT molecular complexity index is 64.0. The number of nitrogens with one attached hydrogen (secondary N) is 1. The summed E-state index contributed by atoms with van der Waals surface area (Å²) < 4.78 is 1.05. The van der Waals surface area contributed by atoms with Gasteiger partial charge in [0.05, 0.1) is 7.05 Å². The molecule has 0 saturated carbocycles. The molecule has 1 nitrogen and oxygen atoms in total. The Morgan fingerprint density at radius 1 is 1.71 bits per heavy atom. The Kier molecular flexibility index (Phi) is 9.38. The molecule has 0 spiro atoms. The van der Waals surface area contributed by atoms with E-state index in [-0.39, 0.29) is 29.6 Å². The third-order valence-corrected chi connectivity index (χ3v) is 1.36. The summed E-state index contributed by atoms with van der Waals surface area (Å²) in [7, 11) is 1.73. The van der Waals surface area contributed by atoms with Crippen LogP contribution in [0.15, 0.2) is 0 Å². The van der Waals surface area contributed by atoms with E-state index in [0.717, 1.165) is 0 Å². The third-order valence-electron chi connectivity index (χ3n) is 0.287. The van der Waals surface area contributed by atoms with Gasteiger partial charge in [-0.1, -0.05) is 0 Å². The molecule has 1 unspecified atom stereocenters. The summed E-state index contributed by atoms with van der Waals surface area (Å²) in [6.07, 6.45) is 0. The third kappa shape index (κ3) is 7.62. The van der Waals surface area contributed by atoms with E-state index in [0.29, 0.717) is 8.63 Å². The summed E-state index contributed by atoms with van der Waals surface area (Å²) in [6.45, 7) is 0. The molecule has 36 valence electrons. The van der Waals surface area contributed by atoms with Crippen molar-refractivity contribution in [1.82, 2.24) is 0 Å². The van der Waals surface area contributed by atoms with E-state index in [9.17, 15) is 0 Å². The van der Waals surface area contributed by atoms with Crippen LogP contribution in [0, 0.1) is 0 Å². The molecule has 0 bridgehead atoms. The molecule has 0 amide bonds. The maximum atomic E-state index is 4.57. The molecule has 0 rings (SSSR count). The van der Waals surface area contributed by atoms with Crippen LogP contribution in [0.5, 0.6) is 0 Å². The summed E-state index contributed by atoms with van der Waals surface area (Å²) >= 11 is 13.6. The summed E-state index contributed by atoms with van der Waals surface area (Å²) in [4.78, 5) is 0. The van der Waals surface area contributed by atoms with Crippen molar-refractivity contribution in [2.75, 3.05) is 7.05 Å². The topological polar surface area (TPSA) is 4.44 Å². The van der Waals surface area contributed by atoms with Crippen LogP contribution in [-0.4, -0.2) is 11.4 Å². The number of hydrogen-bond donors (Lipinski definition) is 1. The summed E-state index contributed by atoms with van der Waals surface area (Å²) in [6, 6.07) is 0. The number of rotatable bonds is 0. The van der Waals surface area contributed by atoms with Crippen LogP contribution in [0.25, 0.3) is 0 Å². The van der Waals surface area contributed by atoms with Gasteiger partial charge in [-0.2, -0.15) is 0 Å². The van der Waals surface area contributed by atoms with Crippen molar-refractivity contribution < 1.29 is 33.9 Å². The molecule has 0 fully saturated rings. The predicted octanol–water partition coefficient (Wildman–Crippen LogP) is -4.20. The minimum absolute atomic E-state index is 0. The van der Waals surface area contributed by atoms with E-state index >= 15 is 0 Å². The summed E-state index contributed by atoms with van der Waals surface area (Å²) in [5.41, 5.74) is 0. The van der Waals surface area contributed by atoms with Crippen LogP contribution in [0.3, 0.4) is 0 Å². The van der Waals surface area contributed by atoms with E-state index in [2.05, 4.69) is 37.7 Å². The van der Waals surface area contributed by atoms with Crippen molar-refractivity contribution in [2.24, 2.45) is 0 Å². The van der Waals surface area contributed by atoms with Crippen LogP contribution in [-0.2, 0) is 25.4 Å². The molecule has 0 aliphatic heterocycles. The molecule has 0 saturated heterocycles. The van der Waals surface area contributed by atoms with Crippen molar-refractivity contribution >= 4 is 42.0 Å². The van der Waals surface area contributed by atoms with Crippen molar-refractivity contribution in [2.45, 2.75) is 0 Å². The maximum Gasteiger partial charge on any atom is 1.00 e. The fourth-order valence-electron chi connectivity index (χ4n) is 0. The smallest absolute Gasteiger partial charge is 0.492 e. The van der Waals surface area contributed by atoms with Gasteiger partial charge in [-0.25, -0.2) is 0 Å². The zero-order valence-electron chi connectivity index (χ0n) is 4.22. The van der Waals surface area contributed by atoms with Crippen molar-refractivity contribution in [3.8, 4) is 0 Å². The van der Waals surface area contributed by atoms with Crippen molar-refractivity contribution in [3.05, 3.63) is 0 Å². The quantitative estimate of drug-likeness (QED) is 0.218. The van der Waals surface area contributed by atoms with Gasteiger partial charge in [0.1, 0.15) is 0 Å². The molecule has 1 N–H and O–H groups in total. The Morgan fingerprint density at radius 3 is 1.86 bits per heavy atom. The summed E-state index contributed by atoms with van der Waals surface area (Å²) in [5, 5.41) is 0. The first-order valence-electron chi connectivity index (χ1n) is 1.36. The summed E-state index contributed by atoms with van der Waals surface area (Å²) in [5.74, 6) is 0. The van der Waals surface area contributed by atoms with Gasteiger partial charge < -0.3 is 42.0 Å². The SMILES string of the molecule is C[NH+]([S-])C(=S)[S-].[Na+]. The standard InChI is InChI=1S/C2H5NS3.Na/c1-3(6)2(4)5;/h3H,1H3,(H,4,5);/q;+1/p-1. The van der Waals surface area contributed by atoms with Gasteiger partial charge in [-0.3, -0.25) is 0 Å². The van der Waals surface area contributed by atoms with Gasteiger partial charge in [-0.15, -0.1) is 0 Å². The van der Waals surface area contributed by atoms with E-state index in [1.165, 1.54) is 0 Å². The number of quaternary nitrogens is 1. The van der Waals surface area contributed by atoms with Gasteiger partial charge in [0.25, 0.3) is 0 Å². The average molecular weight is 161 g/mol. The molecular weight excluding hydrogens is 157 g/mol. The molecule has 0 heterocycles. The molecule has 5 heteroatoms. The fourth-order valence-corrected chi connectivity index (χ4v) is 0. The molecular formula is C2H4NNaS3. The molecule has 7 heavy (non-hydrogen) atoms. The minimum Gasteiger partial charge on any atom is -0.492 e. The molecule has 0 radical (unpaired) electrons. The van der Waals surface area contributed by atoms with E-state index in [1.54, 1.807) is 7.05 Å². The van der Waals surface area contributed by atoms with Crippen molar-refractivity contribution in [1.29, 1.82) is 0 Å². The van der Waals surface area contributed by atoms with Gasteiger partial charge in [-0.05, 0) is 0 Å². The first-order valence-corrected chi connectivity index (χ1v) is 2.59. The molecule has 1 atom stereocenters. The predicted molar refractivity (Wildman–Crippen MR) is 34.2 cm³/mol. The second kappa shape index (κ2) is 5.75. The van der Waals surface area contributed by atoms with E-state index in [1.807, 2.05) is 0 Å². The van der Waals surface area contributed by atoms with Crippen LogP contribution < -0.4 is 33.9 Å². The Morgan fingerprint density at radius 2 is 1.86 bits per heavy atom. The van der Waals surface area contributed by atoms with Crippen LogP contribution in [0.4, 0.5) is 0 Å². The Balaban J connectivity index is 0. The zero-order valence-corrected chi connectivity index (χ0v) is 8.67. The molecule has 0 aromatic heterocycles. The van der Waals surface area contributed by atoms with Gasteiger partial charge in [0.2, 0.25) is 0 Å². The monoisotopic (exact) mass is 161 g/mol. The minimum atomic E-state index is 0. The van der Waals surface area contributed by atoms with Crippen LogP contribution in [0.2, 0.25) is 0 Å². The number of thiocarbonyl (C=S) groups is 1. The van der Waals surface area contributed by atoms with Crippen LogP contribution >= 0.6 is 12.2 Å². The average Bonchev–Trinajstić information content (AvgIpc) is 1.36. The second-order valence-corrected chi connectivity index (χ2v) is 2.53. The fraction of sp³-hybridized carbons (Fsp3) is 0.500. The van der Waals surface area contributed by atoms with E-state index < -0.39 is 0 Å². The molecule has 0 aromatic rings. The number of hydrogen-bond acceptors (Lipinski definition) is 3. The Labute approximate surface area is 82.1 Å². The second-order valence-electron chi connectivity index (χ2n) is 0.844. The first kappa shape index (κ1) is 11.4. The first-order chi connectivity index (χ1) is 2.64. The normalized spacial score (nSPS) is 11.7.